The normalized spacial score (nSPS) is 21.1. The van der Waals surface area contributed by atoms with Crippen molar-refractivity contribution in [3.05, 3.63) is 88.0 Å². The number of allylic oxidation sites excluding steroid dienone is 2. The van der Waals surface area contributed by atoms with Crippen LogP contribution in [0.15, 0.2) is 66.7 Å². The zero-order valence-corrected chi connectivity index (χ0v) is 25.1. The molecule has 0 aromatic heterocycles. The average Bonchev–Trinajstić information content (AvgIpc) is 3.27. The molecule has 3 rings (SSSR count). The molecule has 240 valence electrons. The van der Waals surface area contributed by atoms with E-state index in [2.05, 4.69) is 10.2 Å². The first kappa shape index (κ1) is 34.7. The summed E-state index contributed by atoms with van der Waals surface area (Å²) in [6.07, 6.45) is 7.34. The molecular formula is C33H44N2O9. The summed E-state index contributed by atoms with van der Waals surface area (Å²) in [4.78, 5) is 39.4. The van der Waals surface area contributed by atoms with E-state index >= 15 is 0 Å². The average molecular weight is 613 g/mol. The minimum atomic E-state index is -0.906. The van der Waals surface area contributed by atoms with E-state index in [0.29, 0.717) is 50.5 Å². The standard InChI is InChI=1S/C33H44N2O9/c1-23(33(40)44-27-13-9-12-25(20-27)22-43-35(41)42)34-32(39)15-8-3-2-7-14-28-29(31(38)21-30(28)37)19-18-26(36)17-16-24-10-5-4-6-11-24/h2,4-7,9-13,20,23,26,28-31,36-38H,3,8,14-19,21-22H2,1H3,(H,34,39)/t23?,26-,28+,29+,30-,31+/m0/s1. The van der Waals surface area contributed by atoms with Crippen molar-refractivity contribution in [1.29, 1.82) is 0 Å². The second kappa shape index (κ2) is 18.1. The second-order valence-electron chi connectivity index (χ2n) is 11.4. The van der Waals surface area contributed by atoms with Crippen LogP contribution in [0.5, 0.6) is 5.75 Å². The van der Waals surface area contributed by atoms with E-state index in [1.807, 2.05) is 42.5 Å². The number of benzene rings is 2. The second-order valence-corrected chi connectivity index (χ2v) is 11.4. The van der Waals surface area contributed by atoms with Crippen molar-refractivity contribution < 1.29 is 39.6 Å². The van der Waals surface area contributed by atoms with E-state index in [1.54, 1.807) is 12.1 Å². The lowest BCUT2D eigenvalue weighted by molar-refractivity contribution is -0.763. The van der Waals surface area contributed by atoms with Gasteiger partial charge in [-0.15, -0.1) is 10.1 Å². The number of nitrogens with zero attached hydrogens (tertiary/aromatic N) is 1. The minimum Gasteiger partial charge on any atom is -0.425 e. The molecule has 11 nitrogen and oxygen atoms in total. The number of ether oxygens (including phenoxy) is 1. The van der Waals surface area contributed by atoms with E-state index in [1.165, 1.54) is 24.6 Å². The van der Waals surface area contributed by atoms with Crippen LogP contribution in [-0.4, -0.2) is 56.6 Å². The number of aryl methyl sites for hydroxylation is 1. The lowest BCUT2D eigenvalue weighted by Gasteiger charge is -2.23. The number of rotatable bonds is 18. The van der Waals surface area contributed by atoms with E-state index in [-0.39, 0.29) is 36.5 Å². The molecule has 1 aliphatic rings. The summed E-state index contributed by atoms with van der Waals surface area (Å²) < 4.78 is 5.27. The van der Waals surface area contributed by atoms with Crippen molar-refractivity contribution in [2.24, 2.45) is 11.8 Å². The van der Waals surface area contributed by atoms with Crippen LogP contribution in [0.3, 0.4) is 0 Å². The number of hydrogen-bond donors (Lipinski definition) is 4. The predicted octanol–water partition coefficient (Wildman–Crippen LogP) is 4.05. The van der Waals surface area contributed by atoms with Crippen LogP contribution in [0.1, 0.15) is 69.4 Å². The first-order valence-corrected chi connectivity index (χ1v) is 15.2. The monoisotopic (exact) mass is 612 g/mol. The fraction of sp³-hybridized carbons (Fsp3) is 0.515. The summed E-state index contributed by atoms with van der Waals surface area (Å²) in [5.74, 6) is -0.937. The number of aliphatic hydroxyl groups is 3. The van der Waals surface area contributed by atoms with E-state index in [9.17, 15) is 35.0 Å². The zero-order valence-electron chi connectivity index (χ0n) is 25.1. The Morgan fingerprint density at radius 2 is 1.77 bits per heavy atom. The van der Waals surface area contributed by atoms with Gasteiger partial charge >= 0.3 is 5.97 Å². The number of carbonyl (C=O) groups is 2. The summed E-state index contributed by atoms with van der Waals surface area (Å²) in [7, 11) is 0. The van der Waals surface area contributed by atoms with Gasteiger partial charge in [-0.25, -0.2) is 4.79 Å². The molecule has 2 aromatic carbocycles. The Bertz CT molecular complexity index is 1220. The zero-order chi connectivity index (χ0) is 31.9. The number of hydrogen-bond acceptors (Lipinski definition) is 9. The highest BCUT2D eigenvalue weighted by molar-refractivity contribution is 5.85. The fourth-order valence-electron chi connectivity index (χ4n) is 5.57. The lowest BCUT2D eigenvalue weighted by atomic mass is 9.85. The van der Waals surface area contributed by atoms with Gasteiger partial charge in [0.15, 0.2) is 0 Å². The maximum atomic E-state index is 12.4. The Balaban J connectivity index is 1.33. The number of carbonyl (C=O) groups excluding carboxylic acids is 2. The van der Waals surface area contributed by atoms with Crippen LogP contribution in [0.4, 0.5) is 0 Å². The van der Waals surface area contributed by atoms with Crippen molar-refractivity contribution in [3.63, 3.8) is 0 Å². The summed E-state index contributed by atoms with van der Waals surface area (Å²) in [5.41, 5.74) is 1.64. The Labute approximate surface area is 258 Å². The molecule has 1 amide bonds. The maximum Gasteiger partial charge on any atom is 0.333 e. The molecule has 1 aliphatic carbocycles. The number of esters is 1. The Kier molecular flexibility index (Phi) is 14.3. The van der Waals surface area contributed by atoms with Gasteiger partial charge < -0.3 is 30.2 Å². The highest BCUT2D eigenvalue weighted by Crippen LogP contribution is 2.38. The topological polar surface area (TPSA) is 168 Å². The van der Waals surface area contributed by atoms with Gasteiger partial charge in [-0.2, -0.15) is 0 Å². The highest BCUT2D eigenvalue weighted by Gasteiger charge is 2.40. The van der Waals surface area contributed by atoms with Crippen molar-refractivity contribution >= 4 is 11.9 Å². The third-order valence-corrected chi connectivity index (χ3v) is 8.00. The molecular weight excluding hydrogens is 568 g/mol. The van der Waals surface area contributed by atoms with Gasteiger partial charge in [0.05, 0.1) is 18.3 Å². The molecule has 0 bridgehead atoms. The quantitative estimate of drug-likeness (QED) is 0.0485. The van der Waals surface area contributed by atoms with Gasteiger partial charge in [-0.1, -0.05) is 54.6 Å². The Morgan fingerprint density at radius 1 is 1.05 bits per heavy atom. The van der Waals surface area contributed by atoms with E-state index in [4.69, 9.17) is 4.74 Å². The first-order valence-electron chi connectivity index (χ1n) is 15.2. The first-order chi connectivity index (χ1) is 21.1. The highest BCUT2D eigenvalue weighted by atomic mass is 16.9. The van der Waals surface area contributed by atoms with Crippen LogP contribution in [0.2, 0.25) is 0 Å². The van der Waals surface area contributed by atoms with Gasteiger partial charge in [-0.05, 0) is 93.4 Å². The van der Waals surface area contributed by atoms with Crippen LogP contribution < -0.4 is 10.1 Å². The molecule has 0 saturated heterocycles. The third kappa shape index (κ3) is 12.1. The smallest absolute Gasteiger partial charge is 0.333 e. The van der Waals surface area contributed by atoms with E-state index < -0.39 is 35.4 Å². The van der Waals surface area contributed by atoms with Crippen molar-refractivity contribution in [3.8, 4) is 5.75 Å². The van der Waals surface area contributed by atoms with Crippen LogP contribution in [0.25, 0.3) is 0 Å². The maximum absolute atomic E-state index is 12.4. The minimum absolute atomic E-state index is 0.0788. The van der Waals surface area contributed by atoms with Gasteiger partial charge in [-0.3, -0.25) is 4.79 Å². The molecule has 11 heteroatoms. The molecule has 0 aliphatic heterocycles. The molecule has 0 heterocycles. The van der Waals surface area contributed by atoms with Crippen molar-refractivity contribution in [2.75, 3.05) is 0 Å². The van der Waals surface area contributed by atoms with Gasteiger partial charge in [0, 0.05) is 6.42 Å². The molecule has 44 heavy (non-hydrogen) atoms. The molecule has 1 unspecified atom stereocenters. The number of aliphatic hydroxyl groups excluding tert-OH is 3. The molecule has 1 saturated carbocycles. The van der Waals surface area contributed by atoms with Gasteiger partial charge in [0.25, 0.3) is 5.09 Å². The molecule has 2 aromatic rings. The van der Waals surface area contributed by atoms with Crippen LogP contribution >= 0.6 is 0 Å². The molecule has 0 spiro atoms. The van der Waals surface area contributed by atoms with Gasteiger partial charge in [0.2, 0.25) is 5.91 Å². The number of unbranched alkanes of at least 4 members (excludes halogenated alkanes) is 1. The summed E-state index contributed by atoms with van der Waals surface area (Å²) >= 11 is 0. The fourth-order valence-corrected chi connectivity index (χ4v) is 5.57. The van der Waals surface area contributed by atoms with E-state index in [0.717, 1.165) is 6.42 Å². The molecule has 1 fully saturated rings. The summed E-state index contributed by atoms with van der Waals surface area (Å²) in [6, 6.07) is 15.3. The van der Waals surface area contributed by atoms with Crippen LogP contribution in [-0.2, 0) is 27.5 Å². The Morgan fingerprint density at radius 3 is 2.52 bits per heavy atom. The molecule has 4 N–H and O–H groups in total. The van der Waals surface area contributed by atoms with Crippen LogP contribution in [0, 0.1) is 22.0 Å². The van der Waals surface area contributed by atoms with Gasteiger partial charge in [0.1, 0.15) is 18.4 Å². The molecule has 6 atom stereocenters. The SMILES string of the molecule is CC(NC(=O)CCCC=CC[C@@H]1[C@@H](CC[C@@H](O)CCc2ccccc2)[C@H](O)C[C@@H]1O)C(=O)Oc1cccc(CO[N+](=O)[O-])c1. The number of nitrogens with one attached hydrogen (secondary N) is 1. The lowest BCUT2D eigenvalue weighted by Crippen LogP contribution is -2.40. The largest absolute Gasteiger partial charge is 0.425 e. The van der Waals surface area contributed by atoms with Crippen molar-refractivity contribution in [1.82, 2.24) is 5.32 Å². The summed E-state index contributed by atoms with van der Waals surface area (Å²) in [6.45, 7) is 1.24. The molecule has 0 radical (unpaired) electrons. The Hall–Kier alpha value is -3.80. The number of amides is 1. The predicted molar refractivity (Wildman–Crippen MR) is 163 cm³/mol. The van der Waals surface area contributed by atoms with Crippen molar-refractivity contribution in [2.45, 2.75) is 95.7 Å². The third-order valence-electron chi connectivity index (χ3n) is 8.00. The summed E-state index contributed by atoms with van der Waals surface area (Å²) in [5, 5.41) is 43.6.